The zero-order valence-electron chi connectivity index (χ0n) is 10.00. The maximum atomic E-state index is 5.71. The lowest BCUT2D eigenvalue weighted by molar-refractivity contribution is 0.398. The molecular weight excluding hydrogens is 220 g/mol. The topological polar surface area (TPSA) is 48.1 Å². The smallest absolute Gasteiger partial charge is 0.181 e. The number of rotatable bonds is 1. The van der Waals surface area contributed by atoms with Crippen LogP contribution in [0.15, 0.2) is 12.1 Å². The predicted molar refractivity (Wildman–Crippen MR) is 69.3 cm³/mol. The quantitative estimate of drug-likeness (QED) is 0.827. The number of aromatic nitrogens is 1. The third kappa shape index (κ3) is 1.85. The molecule has 86 valence electrons. The van der Waals surface area contributed by atoms with E-state index in [2.05, 4.69) is 31.8 Å². The summed E-state index contributed by atoms with van der Waals surface area (Å²) >= 11 is 1.49. The normalized spacial score (nSPS) is 12.0. The van der Waals surface area contributed by atoms with Gasteiger partial charge in [0.1, 0.15) is 5.75 Å². The highest BCUT2D eigenvalue weighted by Gasteiger charge is 2.20. The van der Waals surface area contributed by atoms with E-state index in [1.54, 1.807) is 7.11 Å². The van der Waals surface area contributed by atoms with Crippen LogP contribution in [0.5, 0.6) is 5.75 Å². The summed E-state index contributed by atoms with van der Waals surface area (Å²) in [5.41, 5.74) is 7.86. The zero-order chi connectivity index (χ0) is 11.9. The molecule has 0 radical (unpaired) electrons. The summed E-state index contributed by atoms with van der Waals surface area (Å²) in [7, 11) is 1.70. The highest BCUT2D eigenvalue weighted by atomic mass is 32.1. The van der Waals surface area contributed by atoms with E-state index in [0.717, 1.165) is 21.5 Å². The van der Waals surface area contributed by atoms with Gasteiger partial charge in [0.05, 0.1) is 17.3 Å². The third-order valence-corrected chi connectivity index (χ3v) is 3.38. The minimum atomic E-state index is 0.0396. The van der Waals surface area contributed by atoms with E-state index < -0.39 is 0 Å². The number of methoxy groups -OCH3 is 1. The SMILES string of the molecule is COc1cc2sc(N)nc2cc1C(C)(C)C. The van der Waals surface area contributed by atoms with Crippen LogP contribution in [0.4, 0.5) is 5.13 Å². The van der Waals surface area contributed by atoms with Gasteiger partial charge in [-0.2, -0.15) is 0 Å². The first-order chi connectivity index (χ1) is 7.41. The maximum Gasteiger partial charge on any atom is 0.181 e. The van der Waals surface area contributed by atoms with Gasteiger partial charge in [0.2, 0.25) is 0 Å². The molecule has 0 saturated heterocycles. The number of hydrogen-bond acceptors (Lipinski definition) is 4. The molecule has 4 heteroatoms. The highest BCUT2D eigenvalue weighted by Crippen LogP contribution is 2.36. The molecule has 0 aliphatic heterocycles. The van der Waals surface area contributed by atoms with E-state index in [9.17, 15) is 0 Å². The lowest BCUT2D eigenvalue weighted by Crippen LogP contribution is -2.12. The van der Waals surface area contributed by atoms with E-state index in [0.29, 0.717) is 5.13 Å². The van der Waals surface area contributed by atoms with Crippen molar-refractivity contribution in [3.8, 4) is 5.75 Å². The van der Waals surface area contributed by atoms with Crippen LogP contribution >= 0.6 is 11.3 Å². The molecule has 0 bridgehead atoms. The molecule has 1 aromatic carbocycles. The summed E-state index contributed by atoms with van der Waals surface area (Å²) in [6.45, 7) is 6.48. The number of thiazole rings is 1. The van der Waals surface area contributed by atoms with Crippen molar-refractivity contribution in [3.05, 3.63) is 17.7 Å². The van der Waals surface area contributed by atoms with Crippen LogP contribution in [0, 0.1) is 0 Å². The lowest BCUT2D eigenvalue weighted by atomic mass is 9.86. The largest absolute Gasteiger partial charge is 0.496 e. The second-order valence-electron chi connectivity index (χ2n) is 4.82. The average molecular weight is 236 g/mol. The predicted octanol–water partition coefficient (Wildman–Crippen LogP) is 3.18. The van der Waals surface area contributed by atoms with Crippen molar-refractivity contribution < 1.29 is 4.74 Å². The van der Waals surface area contributed by atoms with Crippen molar-refractivity contribution in [3.63, 3.8) is 0 Å². The molecule has 2 aromatic rings. The van der Waals surface area contributed by atoms with Gasteiger partial charge in [0, 0.05) is 5.56 Å². The Morgan fingerprint density at radius 2 is 2.00 bits per heavy atom. The summed E-state index contributed by atoms with van der Waals surface area (Å²) in [6.07, 6.45) is 0. The van der Waals surface area contributed by atoms with Gasteiger partial charge in [0.25, 0.3) is 0 Å². The van der Waals surface area contributed by atoms with Gasteiger partial charge in [-0.15, -0.1) is 0 Å². The molecule has 0 saturated carbocycles. The molecule has 1 heterocycles. The van der Waals surface area contributed by atoms with Crippen LogP contribution in [0.1, 0.15) is 26.3 Å². The van der Waals surface area contributed by atoms with E-state index >= 15 is 0 Å². The Morgan fingerprint density at radius 1 is 1.31 bits per heavy atom. The number of anilines is 1. The van der Waals surface area contributed by atoms with Crippen molar-refractivity contribution in [2.75, 3.05) is 12.8 Å². The minimum Gasteiger partial charge on any atom is -0.496 e. The van der Waals surface area contributed by atoms with Crippen LogP contribution in [-0.2, 0) is 5.41 Å². The molecule has 0 aliphatic rings. The first-order valence-corrected chi connectivity index (χ1v) is 5.98. The Labute approximate surface area is 99.3 Å². The fourth-order valence-corrected chi connectivity index (χ4v) is 2.47. The third-order valence-electron chi connectivity index (χ3n) is 2.53. The fourth-order valence-electron chi connectivity index (χ4n) is 1.73. The summed E-state index contributed by atoms with van der Waals surface area (Å²) < 4.78 is 6.50. The van der Waals surface area contributed by atoms with Crippen LogP contribution < -0.4 is 10.5 Å². The van der Waals surface area contributed by atoms with Gasteiger partial charge in [-0.1, -0.05) is 32.1 Å². The van der Waals surface area contributed by atoms with E-state index in [-0.39, 0.29) is 5.41 Å². The summed E-state index contributed by atoms with van der Waals surface area (Å²) in [5, 5.41) is 0.600. The van der Waals surface area contributed by atoms with Gasteiger partial charge in [0.15, 0.2) is 5.13 Å². The van der Waals surface area contributed by atoms with Crippen LogP contribution in [0.2, 0.25) is 0 Å². The van der Waals surface area contributed by atoms with Gasteiger partial charge in [-0.05, 0) is 17.5 Å². The average Bonchev–Trinajstić information content (AvgIpc) is 2.53. The van der Waals surface area contributed by atoms with Crippen molar-refractivity contribution in [1.82, 2.24) is 4.98 Å². The molecule has 0 spiro atoms. The molecule has 16 heavy (non-hydrogen) atoms. The fraction of sp³-hybridized carbons (Fsp3) is 0.417. The van der Waals surface area contributed by atoms with E-state index in [4.69, 9.17) is 10.5 Å². The zero-order valence-corrected chi connectivity index (χ0v) is 10.8. The molecule has 0 aliphatic carbocycles. The van der Waals surface area contributed by atoms with E-state index in [1.165, 1.54) is 11.3 Å². The van der Waals surface area contributed by atoms with Crippen molar-refractivity contribution in [1.29, 1.82) is 0 Å². The second kappa shape index (κ2) is 3.63. The molecule has 3 nitrogen and oxygen atoms in total. The number of ether oxygens (including phenoxy) is 1. The van der Waals surface area contributed by atoms with Crippen LogP contribution in [0.25, 0.3) is 10.2 Å². The Bertz CT molecular complexity index is 526. The summed E-state index contributed by atoms with van der Waals surface area (Å²) in [6, 6.07) is 4.09. The molecule has 2 rings (SSSR count). The Hall–Kier alpha value is -1.29. The maximum absolute atomic E-state index is 5.71. The van der Waals surface area contributed by atoms with Crippen LogP contribution in [0.3, 0.4) is 0 Å². The Morgan fingerprint density at radius 3 is 2.56 bits per heavy atom. The van der Waals surface area contributed by atoms with Crippen molar-refractivity contribution in [2.24, 2.45) is 0 Å². The first-order valence-electron chi connectivity index (χ1n) is 5.16. The Kier molecular flexibility index (Phi) is 2.54. The summed E-state index contributed by atoms with van der Waals surface area (Å²) in [4.78, 5) is 4.30. The Balaban J connectivity index is 2.72. The molecule has 0 atom stereocenters. The number of hydrogen-bond donors (Lipinski definition) is 1. The monoisotopic (exact) mass is 236 g/mol. The highest BCUT2D eigenvalue weighted by molar-refractivity contribution is 7.22. The number of nitrogen functional groups attached to an aromatic ring is 1. The molecule has 0 unspecified atom stereocenters. The number of fused-ring (bicyclic) bond motifs is 1. The van der Waals surface area contributed by atoms with Gasteiger partial charge < -0.3 is 10.5 Å². The molecule has 2 N–H and O–H groups in total. The number of nitrogens with zero attached hydrogens (tertiary/aromatic N) is 1. The summed E-state index contributed by atoms with van der Waals surface area (Å²) in [5.74, 6) is 0.906. The van der Waals surface area contributed by atoms with Crippen molar-refractivity contribution in [2.45, 2.75) is 26.2 Å². The van der Waals surface area contributed by atoms with Gasteiger partial charge in [-0.3, -0.25) is 0 Å². The molecule has 0 fully saturated rings. The van der Waals surface area contributed by atoms with Crippen molar-refractivity contribution >= 4 is 26.7 Å². The van der Waals surface area contributed by atoms with Gasteiger partial charge >= 0.3 is 0 Å². The second-order valence-corrected chi connectivity index (χ2v) is 5.88. The van der Waals surface area contributed by atoms with Gasteiger partial charge in [-0.25, -0.2) is 4.98 Å². The number of nitrogens with two attached hydrogens (primary N) is 1. The molecule has 0 amide bonds. The standard InChI is InChI=1S/C12H16N2OS/c1-12(2,3)7-5-8-10(6-9(7)15-4)16-11(13)14-8/h5-6H,1-4H3,(H2,13,14). The lowest BCUT2D eigenvalue weighted by Gasteiger charge is -2.21. The van der Waals surface area contributed by atoms with E-state index in [1.807, 2.05) is 6.07 Å². The molecular formula is C12H16N2OS. The number of benzene rings is 1. The van der Waals surface area contributed by atoms with Crippen LogP contribution in [-0.4, -0.2) is 12.1 Å². The minimum absolute atomic E-state index is 0.0396. The first kappa shape index (κ1) is 11.2. The molecule has 1 aromatic heterocycles.